The van der Waals surface area contributed by atoms with Crippen LogP contribution in [0.25, 0.3) is 0 Å². The lowest BCUT2D eigenvalue weighted by molar-refractivity contribution is -0.138. The van der Waals surface area contributed by atoms with Gasteiger partial charge >= 0.3 is 0 Å². The number of carbonyl (C=O) groups excluding carboxylic acids is 1. The van der Waals surface area contributed by atoms with Crippen LogP contribution in [0.5, 0.6) is 0 Å². The van der Waals surface area contributed by atoms with E-state index in [0.717, 1.165) is 23.4 Å². The molecule has 1 aliphatic heterocycles. The SMILES string of the molecule is COCCN1C(=O)CCC(N)C1c1c(C)nn(C)c1C. The van der Waals surface area contributed by atoms with Crippen molar-refractivity contribution >= 4 is 5.91 Å². The van der Waals surface area contributed by atoms with Crippen LogP contribution < -0.4 is 5.73 Å². The van der Waals surface area contributed by atoms with Crippen molar-refractivity contribution in [3.05, 3.63) is 17.0 Å². The summed E-state index contributed by atoms with van der Waals surface area (Å²) < 4.78 is 6.97. The molecule has 20 heavy (non-hydrogen) atoms. The number of aromatic nitrogens is 2. The van der Waals surface area contributed by atoms with Crippen LogP contribution in [0.1, 0.15) is 35.8 Å². The third-order valence-electron chi connectivity index (χ3n) is 4.15. The molecular formula is C14H24N4O2. The highest BCUT2D eigenvalue weighted by Gasteiger charge is 2.37. The van der Waals surface area contributed by atoms with E-state index in [2.05, 4.69) is 5.10 Å². The maximum absolute atomic E-state index is 12.2. The summed E-state index contributed by atoms with van der Waals surface area (Å²) in [6.07, 6.45) is 1.24. The molecule has 6 nitrogen and oxygen atoms in total. The van der Waals surface area contributed by atoms with Gasteiger partial charge in [0, 0.05) is 44.4 Å². The van der Waals surface area contributed by atoms with E-state index in [0.29, 0.717) is 19.6 Å². The van der Waals surface area contributed by atoms with Gasteiger partial charge < -0.3 is 15.4 Å². The maximum atomic E-state index is 12.2. The van der Waals surface area contributed by atoms with Gasteiger partial charge in [0.05, 0.1) is 18.3 Å². The van der Waals surface area contributed by atoms with Crippen LogP contribution in [0.15, 0.2) is 0 Å². The van der Waals surface area contributed by atoms with E-state index in [-0.39, 0.29) is 18.0 Å². The van der Waals surface area contributed by atoms with E-state index in [1.54, 1.807) is 7.11 Å². The van der Waals surface area contributed by atoms with Crippen LogP contribution in [0.2, 0.25) is 0 Å². The number of nitrogens with zero attached hydrogens (tertiary/aromatic N) is 3. The first-order valence-corrected chi connectivity index (χ1v) is 7.01. The van der Waals surface area contributed by atoms with Crippen molar-refractivity contribution < 1.29 is 9.53 Å². The molecule has 1 amide bonds. The highest BCUT2D eigenvalue weighted by molar-refractivity contribution is 5.78. The number of nitrogens with two attached hydrogens (primary N) is 1. The van der Waals surface area contributed by atoms with Gasteiger partial charge in [-0.05, 0) is 20.3 Å². The van der Waals surface area contributed by atoms with E-state index < -0.39 is 0 Å². The van der Waals surface area contributed by atoms with Gasteiger partial charge in [0.25, 0.3) is 0 Å². The first kappa shape index (κ1) is 15.0. The number of hydrogen-bond acceptors (Lipinski definition) is 4. The van der Waals surface area contributed by atoms with Crippen LogP contribution in [-0.2, 0) is 16.6 Å². The number of hydrogen-bond donors (Lipinski definition) is 1. The van der Waals surface area contributed by atoms with E-state index in [1.807, 2.05) is 30.5 Å². The fourth-order valence-corrected chi connectivity index (χ4v) is 3.02. The zero-order chi connectivity index (χ0) is 14.9. The third-order valence-corrected chi connectivity index (χ3v) is 4.15. The van der Waals surface area contributed by atoms with Gasteiger partial charge in [0.15, 0.2) is 0 Å². The van der Waals surface area contributed by atoms with E-state index in [1.165, 1.54) is 0 Å². The summed E-state index contributed by atoms with van der Waals surface area (Å²) in [5, 5.41) is 4.45. The molecular weight excluding hydrogens is 256 g/mol. The molecule has 112 valence electrons. The molecule has 0 aromatic carbocycles. The third kappa shape index (κ3) is 2.58. The molecule has 1 aliphatic rings. The highest BCUT2D eigenvalue weighted by atomic mass is 16.5. The number of methoxy groups -OCH3 is 1. The number of likely N-dealkylation sites (tertiary alicyclic amines) is 1. The lowest BCUT2D eigenvalue weighted by Crippen LogP contribution is -2.50. The Bertz CT molecular complexity index is 498. The molecule has 0 aliphatic carbocycles. The molecule has 0 bridgehead atoms. The van der Waals surface area contributed by atoms with Crippen molar-refractivity contribution in [2.24, 2.45) is 12.8 Å². The molecule has 1 aromatic rings. The summed E-state index contributed by atoms with van der Waals surface area (Å²) in [5.41, 5.74) is 9.41. The van der Waals surface area contributed by atoms with Crippen molar-refractivity contribution in [3.63, 3.8) is 0 Å². The quantitative estimate of drug-likeness (QED) is 0.880. The lowest BCUT2D eigenvalue weighted by atomic mass is 9.89. The molecule has 2 rings (SSSR count). The van der Waals surface area contributed by atoms with Crippen LogP contribution in [0, 0.1) is 13.8 Å². The maximum Gasteiger partial charge on any atom is 0.223 e. The normalized spacial score (nSPS) is 23.4. The fraction of sp³-hybridized carbons (Fsp3) is 0.714. The monoisotopic (exact) mass is 280 g/mol. The molecule has 1 aromatic heterocycles. The van der Waals surface area contributed by atoms with Gasteiger partial charge in [0.1, 0.15) is 0 Å². The summed E-state index contributed by atoms with van der Waals surface area (Å²) in [4.78, 5) is 14.1. The zero-order valence-electron chi connectivity index (χ0n) is 12.7. The molecule has 1 fully saturated rings. The summed E-state index contributed by atoms with van der Waals surface area (Å²) in [7, 11) is 3.56. The van der Waals surface area contributed by atoms with Crippen LogP contribution in [0.4, 0.5) is 0 Å². The molecule has 0 saturated carbocycles. The lowest BCUT2D eigenvalue weighted by Gasteiger charge is -2.40. The summed E-state index contributed by atoms with van der Waals surface area (Å²) in [6.45, 7) is 5.09. The second-order valence-corrected chi connectivity index (χ2v) is 5.44. The Morgan fingerprint density at radius 3 is 2.70 bits per heavy atom. The van der Waals surface area contributed by atoms with Gasteiger partial charge in [-0.2, -0.15) is 5.10 Å². The fourth-order valence-electron chi connectivity index (χ4n) is 3.02. The predicted octanol–water partition coefficient (Wildman–Crippen LogP) is 0.674. The molecule has 6 heteroatoms. The van der Waals surface area contributed by atoms with Crippen molar-refractivity contribution in [1.82, 2.24) is 14.7 Å². The molecule has 2 atom stereocenters. The smallest absolute Gasteiger partial charge is 0.223 e. The van der Waals surface area contributed by atoms with Crippen molar-refractivity contribution in [1.29, 1.82) is 0 Å². The topological polar surface area (TPSA) is 73.4 Å². The predicted molar refractivity (Wildman–Crippen MR) is 76.2 cm³/mol. The standard InChI is InChI=1S/C14H24N4O2/c1-9-13(10(2)17(3)16-9)14-11(15)5-6-12(19)18(14)7-8-20-4/h11,14H,5-8,15H2,1-4H3. The minimum Gasteiger partial charge on any atom is -0.383 e. The van der Waals surface area contributed by atoms with Gasteiger partial charge in [-0.1, -0.05) is 0 Å². The van der Waals surface area contributed by atoms with Crippen LogP contribution >= 0.6 is 0 Å². The van der Waals surface area contributed by atoms with Crippen molar-refractivity contribution in [2.75, 3.05) is 20.3 Å². The first-order valence-electron chi connectivity index (χ1n) is 7.01. The Morgan fingerprint density at radius 2 is 2.15 bits per heavy atom. The highest BCUT2D eigenvalue weighted by Crippen LogP contribution is 2.34. The van der Waals surface area contributed by atoms with Gasteiger partial charge in [-0.3, -0.25) is 9.48 Å². The number of aryl methyl sites for hydroxylation is 2. The molecule has 2 heterocycles. The van der Waals surface area contributed by atoms with Gasteiger partial charge in [0.2, 0.25) is 5.91 Å². The van der Waals surface area contributed by atoms with Gasteiger partial charge in [-0.25, -0.2) is 0 Å². The second-order valence-electron chi connectivity index (χ2n) is 5.44. The zero-order valence-corrected chi connectivity index (χ0v) is 12.7. The number of carbonyl (C=O) groups is 1. The van der Waals surface area contributed by atoms with Gasteiger partial charge in [-0.15, -0.1) is 0 Å². The van der Waals surface area contributed by atoms with Crippen molar-refractivity contribution in [3.8, 4) is 0 Å². The average molecular weight is 280 g/mol. The number of amides is 1. The average Bonchev–Trinajstić information content (AvgIpc) is 2.65. The molecule has 0 radical (unpaired) electrons. The van der Waals surface area contributed by atoms with Crippen LogP contribution in [0.3, 0.4) is 0 Å². The first-order chi connectivity index (χ1) is 9.47. The largest absolute Gasteiger partial charge is 0.383 e. The number of rotatable bonds is 4. The Balaban J connectivity index is 2.39. The molecule has 1 saturated heterocycles. The Morgan fingerprint density at radius 1 is 1.45 bits per heavy atom. The Hall–Kier alpha value is -1.40. The number of ether oxygens (including phenoxy) is 1. The van der Waals surface area contributed by atoms with E-state index >= 15 is 0 Å². The van der Waals surface area contributed by atoms with E-state index in [9.17, 15) is 4.79 Å². The Kier molecular flexibility index (Phi) is 4.45. The Labute approximate surface area is 119 Å². The number of piperidine rings is 1. The minimum atomic E-state index is -0.0971. The second kappa shape index (κ2) is 5.93. The summed E-state index contributed by atoms with van der Waals surface area (Å²) >= 11 is 0. The molecule has 0 spiro atoms. The van der Waals surface area contributed by atoms with Crippen LogP contribution in [-0.4, -0.2) is 46.9 Å². The minimum absolute atomic E-state index is 0.0499. The molecule has 2 unspecified atom stereocenters. The summed E-state index contributed by atoms with van der Waals surface area (Å²) in [5.74, 6) is 0.149. The molecule has 2 N–H and O–H groups in total. The summed E-state index contributed by atoms with van der Waals surface area (Å²) in [6, 6.07) is -0.147. The van der Waals surface area contributed by atoms with Crippen molar-refractivity contribution in [2.45, 2.75) is 38.8 Å². The van der Waals surface area contributed by atoms with E-state index in [4.69, 9.17) is 10.5 Å².